The van der Waals surface area contributed by atoms with Crippen molar-refractivity contribution >= 4 is 11.5 Å². The summed E-state index contributed by atoms with van der Waals surface area (Å²) in [5.41, 5.74) is 0.938. The number of benzene rings is 1. The Bertz CT molecular complexity index is 514. The molecule has 1 aliphatic heterocycles. The van der Waals surface area contributed by atoms with Gasteiger partial charge >= 0.3 is 0 Å². The average Bonchev–Trinajstić information content (AvgIpc) is 2.40. The van der Waals surface area contributed by atoms with E-state index in [2.05, 4.69) is 10.3 Å². The van der Waals surface area contributed by atoms with Crippen LogP contribution in [0.15, 0.2) is 42.6 Å². The zero-order chi connectivity index (χ0) is 11.5. The minimum Gasteiger partial charge on any atom is -0.486 e. The van der Waals surface area contributed by atoms with Gasteiger partial charge in [0, 0.05) is 18.0 Å². The lowest BCUT2D eigenvalue weighted by Gasteiger charge is -2.19. The van der Waals surface area contributed by atoms with Crippen LogP contribution in [0.2, 0.25) is 0 Å². The maximum Gasteiger partial charge on any atom is 0.163 e. The highest BCUT2D eigenvalue weighted by Crippen LogP contribution is 2.33. The van der Waals surface area contributed by atoms with E-state index in [-0.39, 0.29) is 0 Å². The number of fused-ring (bicyclic) bond motifs is 1. The molecule has 17 heavy (non-hydrogen) atoms. The van der Waals surface area contributed by atoms with Crippen molar-refractivity contribution in [1.82, 2.24) is 4.98 Å². The fraction of sp³-hybridized carbons (Fsp3) is 0.154. The predicted molar refractivity (Wildman–Crippen MR) is 65.0 cm³/mol. The maximum absolute atomic E-state index is 5.52. The summed E-state index contributed by atoms with van der Waals surface area (Å²) in [5, 5.41) is 3.21. The zero-order valence-corrected chi connectivity index (χ0v) is 9.22. The number of pyridine rings is 1. The highest BCUT2D eigenvalue weighted by atomic mass is 16.6. The van der Waals surface area contributed by atoms with Crippen LogP contribution in [0.3, 0.4) is 0 Å². The average molecular weight is 228 g/mol. The second kappa shape index (κ2) is 4.33. The number of rotatable bonds is 2. The van der Waals surface area contributed by atoms with E-state index in [1.54, 1.807) is 6.20 Å². The Balaban J connectivity index is 1.84. The van der Waals surface area contributed by atoms with Gasteiger partial charge in [-0.1, -0.05) is 6.07 Å². The Morgan fingerprint density at radius 3 is 2.71 bits per heavy atom. The van der Waals surface area contributed by atoms with Gasteiger partial charge in [-0.25, -0.2) is 4.98 Å². The Hall–Kier alpha value is -2.23. The normalized spacial score (nSPS) is 13.2. The van der Waals surface area contributed by atoms with Crippen molar-refractivity contribution in [2.45, 2.75) is 0 Å². The first-order valence-corrected chi connectivity index (χ1v) is 5.49. The van der Waals surface area contributed by atoms with Gasteiger partial charge in [0.2, 0.25) is 0 Å². The Kier molecular flexibility index (Phi) is 2.54. The van der Waals surface area contributed by atoms with E-state index in [0.29, 0.717) is 13.2 Å². The summed E-state index contributed by atoms with van der Waals surface area (Å²) in [4.78, 5) is 4.20. The van der Waals surface area contributed by atoms with Crippen molar-refractivity contribution in [3.05, 3.63) is 42.6 Å². The molecule has 2 heterocycles. The molecule has 0 spiro atoms. The third-order valence-corrected chi connectivity index (χ3v) is 2.48. The van der Waals surface area contributed by atoms with E-state index in [0.717, 1.165) is 23.0 Å². The molecule has 0 bridgehead atoms. The zero-order valence-electron chi connectivity index (χ0n) is 9.22. The molecule has 4 heteroatoms. The third-order valence-electron chi connectivity index (χ3n) is 2.48. The van der Waals surface area contributed by atoms with E-state index in [1.165, 1.54) is 0 Å². The fourth-order valence-corrected chi connectivity index (χ4v) is 1.71. The van der Waals surface area contributed by atoms with Gasteiger partial charge in [-0.05, 0) is 24.3 Å². The van der Waals surface area contributed by atoms with Crippen LogP contribution in [0, 0.1) is 0 Å². The first-order valence-electron chi connectivity index (χ1n) is 5.49. The molecule has 1 aromatic carbocycles. The molecule has 0 saturated carbocycles. The van der Waals surface area contributed by atoms with E-state index >= 15 is 0 Å². The second-order valence-electron chi connectivity index (χ2n) is 3.70. The number of hydrogen-bond acceptors (Lipinski definition) is 4. The van der Waals surface area contributed by atoms with Crippen LogP contribution in [0.1, 0.15) is 0 Å². The SMILES string of the molecule is c1ccc(Nc2ccc3c(c2)OCCO3)nc1. The summed E-state index contributed by atoms with van der Waals surface area (Å²) in [7, 11) is 0. The number of aromatic nitrogens is 1. The molecule has 0 fully saturated rings. The van der Waals surface area contributed by atoms with Gasteiger partial charge in [-0.3, -0.25) is 0 Å². The molecule has 0 atom stereocenters. The molecule has 0 amide bonds. The van der Waals surface area contributed by atoms with Crippen LogP contribution < -0.4 is 14.8 Å². The van der Waals surface area contributed by atoms with Crippen LogP contribution in [-0.4, -0.2) is 18.2 Å². The monoisotopic (exact) mass is 228 g/mol. The molecular formula is C13H12N2O2. The molecule has 0 unspecified atom stereocenters. The minimum absolute atomic E-state index is 0.597. The summed E-state index contributed by atoms with van der Waals surface area (Å²) < 4.78 is 11.0. The number of anilines is 2. The largest absolute Gasteiger partial charge is 0.486 e. The molecule has 1 N–H and O–H groups in total. The van der Waals surface area contributed by atoms with E-state index in [9.17, 15) is 0 Å². The van der Waals surface area contributed by atoms with Gasteiger partial charge in [0.05, 0.1) is 0 Å². The lowest BCUT2D eigenvalue weighted by Crippen LogP contribution is -2.15. The van der Waals surface area contributed by atoms with E-state index in [4.69, 9.17) is 9.47 Å². The summed E-state index contributed by atoms with van der Waals surface area (Å²) in [5.74, 6) is 2.38. The molecule has 0 aliphatic carbocycles. The van der Waals surface area contributed by atoms with E-state index in [1.807, 2.05) is 36.4 Å². The summed E-state index contributed by atoms with van der Waals surface area (Å²) >= 11 is 0. The summed E-state index contributed by atoms with van der Waals surface area (Å²) in [6.07, 6.45) is 1.75. The predicted octanol–water partition coefficient (Wildman–Crippen LogP) is 2.60. The van der Waals surface area contributed by atoms with E-state index < -0.39 is 0 Å². The molecule has 4 nitrogen and oxygen atoms in total. The van der Waals surface area contributed by atoms with Gasteiger partial charge < -0.3 is 14.8 Å². The molecule has 1 aliphatic rings. The first kappa shape index (κ1) is 9.96. The first-order chi connectivity index (χ1) is 8.42. The molecule has 2 aromatic rings. The standard InChI is InChI=1S/C13H12N2O2/c1-2-6-14-13(3-1)15-10-4-5-11-12(9-10)17-8-7-16-11/h1-6,9H,7-8H2,(H,14,15). The van der Waals surface area contributed by atoms with Crippen molar-refractivity contribution in [2.24, 2.45) is 0 Å². The van der Waals surface area contributed by atoms with Crippen LogP contribution in [0.4, 0.5) is 11.5 Å². The van der Waals surface area contributed by atoms with Gasteiger partial charge in [0.25, 0.3) is 0 Å². The fourth-order valence-electron chi connectivity index (χ4n) is 1.71. The Morgan fingerprint density at radius 2 is 1.88 bits per heavy atom. The highest BCUT2D eigenvalue weighted by Gasteiger charge is 2.11. The number of hydrogen-bond donors (Lipinski definition) is 1. The van der Waals surface area contributed by atoms with Gasteiger partial charge in [0.1, 0.15) is 19.0 Å². The number of ether oxygens (including phenoxy) is 2. The molecule has 0 saturated heterocycles. The van der Waals surface area contributed by atoms with Crippen LogP contribution >= 0.6 is 0 Å². The Labute approximate surface area is 99.2 Å². The molecule has 86 valence electrons. The summed E-state index contributed by atoms with van der Waals surface area (Å²) in [6, 6.07) is 11.5. The van der Waals surface area contributed by atoms with Crippen molar-refractivity contribution in [2.75, 3.05) is 18.5 Å². The number of nitrogens with one attached hydrogen (secondary N) is 1. The van der Waals surface area contributed by atoms with Crippen molar-refractivity contribution < 1.29 is 9.47 Å². The van der Waals surface area contributed by atoms with Crippen molar-refractivity contribution in [1.29, 1.82) is 0 Å². The highest BCUT2D eigenvalue weighted by molar-refractivity contribution is 5.61. The maximum atomic E-state index is 5.52. The molecular weight excluding hydrogens is 216 g/mol. The van der Waals surface area contributed by atoms with Gasteiger partial charge in [-0.2, -0.15) is 0 Å². The van der Waals surface area contributed by atoms with Gasteiger partial charge in [-0.15, -0.1) is 0 Å². The topological polar surface area (TPSA) is 43.4 Å². The molecule has 0 radical (unpaired) electrons. The lowest BCUT2D eigenvalue weighted by atomic mass is 10.2. The third kappa shape index (κ3) is 2.15. The van der Waals surface area contributed by atoms with Crippen molar-refractivity contribution in [3.63, 3.8) is 0 Å². The summed E-state index contributed by atoms with van der Waals surface area (Å²) in [6.45, 7) is 1.21. The molecule has 1 aromatic heterocycles. The molecule has 3 rings (SSSR count). The Morgan fingerprint density at radius 1 is 1.00 bits per heavy atom. The smallest absolute Gasteiger partial charge is 0.163 e. The van der Waals surface area contributed by atoms with Crippen LogP contribution in [0.25, 0.3) is 0 Å². The minimum atomic E-state index is 0.597. The number of nitrogens with zero attached hydrogens (tertiary/aromatic N) is 1. The van der Waals surface area contributed by atoms with Crippen molar-refractivity contribution in [3.8, 4) is 11.5 Å². The van der Waals surface area contributed by atoms with Crippen LogP contribution in [-0.2, 0) is 0 Å². The van der Waals surface area contributed by atoms with Crippen LogP contribution in [0.5, 0.6) is 11.5 Å². The lowest BCUT2D eigenvalue weighted by molar-refractivity contribution is 0.171. The second-order valence-corrected chi connectivity index (χ2v) is 3.70. The quantitative estimate of drug-likeness (QED) is 0.858. The van der Waals surface area contributed by atoms with Gasteiger partial charge in [0.15, 0.2) is 11.5 Å².